The van der Waals surface area contributed by atoms with Crippen LogP contribution in [0.2, 0.25) is 0 Å². The smallest absolute Gasteiger partial charge is 0.344 e. The van der Waals surface area contributed by atoms with Crippen molar-refractivity contribution in [3.63, 3.8) is 0 Å². The fraction of sp³-hybridized carbons (Fsp3) is 0.400. The number of benzene rings is 1. The summed E-state index contributed by atoms with van der Waals surface area (Å²) < 4.78 is 14.7. The molecule has 0 unspecified atom stereocenters. The van der Waals surface area contributed by atoms with Crippen molar-refractivity contribution in [3.05, 3.63) is 29.8 Å². The van der Waals surface area contributed by atoms with Crippen molar-refractivity contribution in [3.8, 4) is 5.75 Å². The van der Waals surface area contributed by atoms with Gasteiger partial charge < -0.3 is 14.2 Å². The summed E-state index contributed by atoms with van der Waals surface area (Å²) in [5.74, 6) is -1.83. The van der Waals surface area contributed by atoms with Crippen molar-refractivity contribution in [1.29, 1.82) is 0 Å². The highest BCUT2D eigenvalue weighted by molar-refractivity contribution is 9.09. The maximum Gasteiger partial charge on any atom is 0.344 e. The van der Waals surface area contributed by atoms with Crippen LogP contribution in [0.1, 0.15) is 30.1 Å². The van der Waals surface area contributed by atoms with Crippen molar-refractivity contribution >= 4 is 33.8 Å². The molecule has 0 saturated carbocycles. The van der Waals surface area contributed by atoms with Gasteiger partial charge in [0.15, 0.2) is 6.61 Å². The summed E-state index contributed by atoms with van der Waals surface area (Å²) in [6.07, 6.45) is 1.63. The van der Waals surface area contributed by atoms with Crippen LogP contribution in [0.4, 0.5) is 0 Å². The first-order chi connectivity index (χ1) is 10.5. The molecule has 0 heterocycles. The number of halogens is 1. The van der Waals surface area contributed by atoms with Crippen LogP contribution in [0.3, 0.4) is 0 Å². The molecule has 0 aliphatic heterocycles. The van der Waals surface area contributed by atoms with E-state index < -0.39 is 24.5 Å². The SMILES string of the molecule is CC(=O)Oc1ccccc1C(=O)OCC(=O)OCCCCBr. The highest BCUT2D eigenvalue weighted by Gasteiger charge is 2.16. The van der Waals surface area contributed by atoms with E-state index in [0.29, 0.717) is 0 Å². The number of unbranched alkanes of at least 4 members (excludes halogenated alkanes) is 1. The third-order valence-corrected chi connectivity index (χ3v) is 3.03. The van der Waals surface area contributed by atoms with E-state index in [2.05, 4.69) is 15.9 Å². The second-order valence-corrected chi connectivity index (χ2v) is 5.08. The fourth-order valence-electron chi connectivity index (χ4n) is 1.51. The van der Waals surface area contributed by atoms with E-state index in [0.717, 1.165) is 18.2 Å². The van der Waals surface area contributed by atoms with Gasteiger partial charge in [0.25, 0.3) is 0 Å². The maximum absolute atomic E-state index is 11.9. The molecule has 120 valence electrons. The summed E-state index contributed by atoms with van der Waals surface area (Å²) in [4.78, 5) is 34.3. The molecule has 0 saturated heterocycles. The van der Waals surface area contributed by atoms with Crippen LogP contribution in [0.15, 0.2) is 24.3 Å². The van der Waals surface area contributed by atoms with Crippen LogP contribution < -0.4 is 4.74 Å². The summed E-state index contributed by atoms with van der Waals surface area (Å²) in [7, 11) is 0. The molecule has 0 fully saturated rings. The first-order valence-electron chi connectivity index (χ1n) is 6.70. The standard InChI is InChI=1S/C15H17BrO6/c1-11(17)22-13-7-3-2-6-12(13)15(19)21-10-14(18)20-9-5-4-8-16/h2-3,6-7H,4-5,8-10H2,1H3. The number of esters is 3. The second kappa shape index (κ2) is 9.94. The Morgan fingerprint density at radius 1 is 1.09 bits per heavy atom. The lowest BCUT2D eigenvalue weighted by molar-refractivity contribution is -0.147. The van der Waals surface area contributed by atoms with Crippen LogP contribution in [0.25, 0.3) is 0 Å². The van der Waals surface area contributed by atoms with Crippen molar-refractivity contribution in [1.82, 2.24) is 0 Å². The van der Waals surface area contributed by atoms with Gasteiger partial charge in [-0.2, -0.15) is 0 Å². The van der Waals surface area contributed by atoms with Crippen LogP contribution in [0.5, 0.6) is 5.75 Å². The van der Waals surface area contributed by atoms with Gasteiger partial charge in [0.2, 0.25) is 0 Å². The predicted octanol–water partition coefficient (Wildman–Crippen LogP) is 2.49. The number of para-hydroxylation sites is 1. The summed E-state index contributed by atoms with van der Waals surface area (Å²) >= 11 is 3.27. The quantitative estimate of drug-likeness (QED) is 0.302. The number of carbonyl (C=O) groups excluding carboxylic acids is 3. The third kappa shape index (κ3) is 6.71. The van der Waals surface area contributed by atoms with E-state index in [9.17, 15) is 14.4 Å². The summed E-state index contributed by atoms with van der Waals surface area (Å²) in [6.45, 7) is 1.03. The largest absolute Gasteiger partial charge is 0.463 e. The number of hydrogen-bond acceptors (Lipinski definition) is 6. The van der Waals surface area contributed by atoms with E-state index in [1.54, 1.807) is 12.1 Å². The number of alkyl halides is 1. The summed E-state index contributed by atoms with van der Waals surface area (Å²) in [5.41, 5.74) is 0.0739. The Hall–Kier alpha value is -1.89. The molecule has 0 amide bonds. The van der Waals surface area contributed by atoms with Gasteiger partial charge >= 0.3 is 17.9 Å². The molecule has 6 nitrogen and oxygen atoms in total. The zero-order valence-corrected chi connectivity index (χ0v) is 13.8. The Labute approximate surface area is 136 Å². The van der Waals surface area contributed by atoms with Gasteiger partial charge in [-0.15, -0.1) is 0 Å². The number of ether oxygens (including phenoxy) is 3. The van der Waals surface area contributed by atoms with E-state index in [4.69, 9.17) is 14.2 Å². The molecular formula is C15H17BrO6. The lowest BCUT2D eigenvalue weighted by Gasteiger charge is -2.09. The molecule has 22 heavy (non-hydrogen) atoms. The predicted molar refractivity (Wildman–Crippen MR) is 82.0 cm³/mol. The molecule has 7 heteroatoms. The number of carbonyl (C=O) groups is 3. The van der Waals surface area contributed by atoms with Crippen LogP contribution in [0, 0.1) is 0 Å². The highest BCUT2D eigenvalue weighted by Crippen LogP contribution is 2.19. The molecule has 0 N–H and O–H groups in total. The van der Waals surface area contributed by atoms with Gasteiger partial charge in [-0.05, 0) is 25.0 Å². The highest BCUT2D eigenvalue weighted by atomic mass is 79.9. The Bertz CT molecular complexity index is 529. The molecule has 1 aromatic rings. The van der Waals surface area contributed by atoms with E-state index in [-0.39, 0.29) is 17.9 Å². The average Bonchev–Trinajstić information content (AvgIpc) is 2.49. The molecule has 0 atom stereocenters. The van der Waals surface area contributed by atoms with Gasteiger partial charge in [-0.25, -0.2) is 9.59 Å². The minimum absolute atomic E-state index is 0.0739. The Kier molecular flexibility index (Phi) is 8.21. The molecule has 1 rings (SSSR count). The molecule has 0 bridgehead atoms. The van der Waals surface area contributed by atoms with Gasteiger partial charge in [-0.3, -0.25) is 4.79 Å². The van der Waals surface area contributed by atoms with E-state index in [1.807, 2.05) is 0 Å². The monoisotopic (exact) mass is 372 g/mol. The minimum atomic E-state index is -0.755. The minimum Gasteiger partial charge on any atom is -0.463 e. The molecule has 0 spiro atoms. The van der Waals surface area contributed by atoms with Gasteiger partial charge in [0, 0.05) is 12.3 Å². The first kappa shape index (κ1) is 18.2. The van der Waals surface area contributed by atoms with E-state index in [1.165, 1.54) is 19.1 Å². The summed E-state index contributed by atoms with van der Waals surface area (Å²) in [5, 5.41) is 0.840. The zero-order chi connectivity index (χ0) is 16.4. The van der Waals surface area contributed by atoms with Gasteiger partial charge in [0.1, 0.15) is 11.3 Å². The average molecular weight is 373 g/mol. The summed E-state index contributed by atoms with van der Waals surface area (Å²) in [6, 6.07) is 6.13. The molecule has 0 aliphatic carbocycles. The fourth-order valence-corrected chi connectivity index (χ4v) is 1.90. The van der Waals surface area contributed by atoms with Gasteiger partial charge in [0.05, 0.1) is 6.61 Å². The molecule has 1 aromatic carbocycles. The molecule has 0 radical (unpaired) electrons. The Morgan fingerprint density at radius 2 is 1.82 bits per heavy atom. The normalized spacial score (nSPS) is 9.91. The van der Waals surface area contributed by atoms with Crippen LogP contribution in [-0.2, 0) is 19.1 Å². The number of rotatable bonds is 8. The maximum atomic E-state index is 11.9. The first-order valence-corrected chi connectivity index (χ1v) is 7.83. The second-order valence-electron chi connectivity index (χ2n) is 4.28. The lowest BCUT2D eigenvalue weighted by Crippen LogP contribution is -2.18. The van der Waals surface area contributed by atoms with Crippen molar-refractivity contribution in [2.75, 3.05) is 18.5 Å². The molecule has 0 aromatic heterocycles. The lowest BCUT2D eigenvalue weighted by atomic mass is 10.2. The zero-order valence-electron chi connectivity index (χ0n) is 12.2. The van der Waals surface area contributed by atoms with Gasteiger partial charge in [-0.1, -0.05) is 28.1 Å². The van der Waals surface area contributed by atoms with Crippen molar-refractivity contribution in [2.24, 2.45) is 0 Å². The Morgan fingerprint density at radius 3 is 2.50 bits per heavy atom. The molecular weight excluding hydrogens is 356 g/mol. The van der Waals surface area contributed by atoms with Crippen LogP contribution in [-0.4, -0.2) is 36.5 Å². The number of hydrogen-bond donors (Lipinski definition) is 0. The molecule has 0 aliphatic rings. The van der Waals surface area contributed by atoms with Crippen molar-refractivity contribution in [2.45, 2.75) is 19.8 Å². The third-order valence-electron chi connectivity index (χ3n) is 2.47. The van der Waals surface area contributed by atoms with Crippen molar-refractivity contribution < 1.29 is 28.6 Å². The Balaban J connectivity index is 2.48. The topological polar surface area (TPSA) is 78.9 Å². The van der Waals surface area contributed by atoms with Crippen LogP contribution >= 0.6 is 15.9 Å². The van der Waals surface area contributed by atoms with E-state index >= 15 is 0 Å².